The van der Waals surface area contributed by atoms with Crippen molar-refractivity contribution in [3.63, 3.8) is 0 Å². The Bertz CT molecular complexity index is 741. The van der Waals surface area contributed by atoms with E-state index in [0.29, 0.717) is 10.7 Å². The van der Waals surface area contributed by atoms with Gasteiger partial charge in [0.25, 0.3) is 10.0 Å². The summed E-state index contributed by atoms with van der Waals surface area (Å²) in [5, 5.41) is 9.35. The highest BCUT2D eigenvalue weighted by atomic mass is 35.5. The maximum absolute atomic E-state index is 12.1. The number of carbonyl (C=O) groups is 1. The smallest absolute Gasteiger partial charge is 0.335 e. The third-order valence-electron chi connectivity index (χ3n) is 2.49. The molecule has 20 heavy (non-hydrogen) atoms. The highest BCUT2D eigenvalue weighted by molar-refractivity contribution is 7.92. The molecule has 2 aromatic carbocycles. The molecule has 0 saturated heterocycles. The van der Waals surface area contributed by atoms with E-state index < -0.39 is 16.0 Å². The van der Waals surface area contributed by atoms with Crippen molar-refractivity contribution in [3.8, 4) is 0 Å². The molecule has 0 bridgehead atoms. The lowest BCUT2D eigenvalue weighted by Gasteiger charge is -2.08. The van der Waals surface area contributed by atoms with Gasteiger partial charge in [-0.25, -0.2) is 13.2 Å². The van der Waals surface area contributed by atoms with Crippen LogP contribution in [0.25, 0.3) is 0 Å². The molecule has 0 aliphatic heterocycles. The molecule has 0 aliphatic rings. The topological polar surface area (TPSA) is 83.5 Å². The van der Waals surface area contributed by atoms with Crippen LogP contribution in [-0.2, 0) is 10.0 Å². The molecule has 104 valence electrons. The third-order valence-corrected chi connectivity index (χ3v) is 4.12. The van der Waals surface area contributed by atoms with Gasteiger partial charge in [-0.2, -0.15) is 0 Å². The average Bonchev–Trinajstić information content (AvgIpc) is 2.41. The maximum atomic E-state index is 12.1. The van der Waals surface area contributed by atoms with Gasteiger partial charge in [0.15, 0.2) is 0 Å². The highest BCUT2D eigenvalue weighted by Crippen LogP contribution is 2.19. The van der Waals surface area contributed by atoms with Gasteiger partial charge >= 0.3 is 5.97 Å². The number of halogens is 1. The van der Waals surface area contributed by atoms with Gasteiger partial charge in [-0.15, -0.1) is 0 Å². The van der Waals surface area contributed by atoms with Crippen LogP contribution in [0, 0.1) is 0 Å². The van der Waals surface area contributed by atoms with Crippen LogP contribution >= 0.6 is 11.6 Å². The molecule has 7 heteroatoms. The number of carboxylic acid groups (broad SMARTS) is 1. The van der Waals surface area contributed by atoms with Gasteiger partial charge in [0, 0.05) is 10.7 Å². The fraction of sp³-hybridized carbons (Fsp3) is 0. The summed E-state index contributed by atoms with van der Waals surface area (Å²) < 4.78 is 26.6. The van der Waals surface area contributed by atoms with E-state index in [4.69, 9.17) is 16.7 Å². The summed E-state index contributed by atoms with van der Waals surface area (Å²) in [5.74, 6) is -1.19. The number of aromatic carboxylic acids is 1. The first-order valence-corrected chi connectivity index (χ1v) is 7.36. The van der Waals surface area contributed by atoms with Crippen molar-refractivity contribution in [2.24, 2.45) is 0 Å². The number of nitrogens with one attached hydrogen (secondary N) is 1. The van der Waals surface area contributed by atoms with E-state index in [1.165, 1.54) is 30.3 Å². The van der Waals surface area contributed by atoms with Crippen molar-refractivity contribution in [1.29, 1.82) is 0 Å². The standard InChI is InChI=1S/C13H10ClNO4S/c14-10-4-6-11(7-5-10)15-20(18,19)12-3-1-2-9(8-12)13(16)17/h1-8,15H,(H,16,17). The zero-order valence-corrected chi connectivity index (χ0v) is 11.6. The molecule has 0 aliphatic carbocycles. The monoisotopic (exact) mass is 311 g/mol. The minimum absolute atomic E-state index is 0.0935. The Kier molecular flexibility index (Phi) is 3.96. The lowest BCUT2D eigenvalue weighted by atomic mass is 10.2. The molecule has 0 fully saturated rings. The minimum atomic E-state index is -3.84. The SMILES string of the molecule is O=C(O)c1cccc(S(=O)(=O)Nc2ccc(Cl)cc2)c1. The lowest BCUT2D eigenvalue weighted by Crippen LogP contribution is -2.13. The second kappa shape index (κ2) is 5.52. The predicted molar refractivity (Wildman–Crippen MR) is 75.7 cm³/mol. The summed E-state index contributed by atoms with van der Waals surface area (Å²) in [7, 11) is -3.84. The normalized spacial score (nSPS) is 11.1. The molecule has 0 atom stereocenters. The molecule has 0 aromatic heterocycles. The summed E-state index contributed by atoms with van der Waals surface area (Å²) in [6.45, 7) is 0. The minimum Gasteiger partial charge on any atom is -0.478 e. The summed E-state index contributed by atoms with van der Waals surface area (Å²) in [5.41, 5.74) is 0.249. The Morgan fingerprint density at radius 2 is 1.75 bits per heavy atom. The molecule has 5 nitrogen and oxygen atoms in total. The van der Waals surface area contributed by atoms with Crippen molar-refractivity contribution in [3.05, 3.63) is 59.1 Å². The van der Waals surface area contributed by atoms with Gasteiger partial charge < -0.3 is 5.11 Å². The first kappa shape index (κ1) is 14.4. The van der Waals surface area contributed by atoms with Gasteiger partial charge in [-0.1, -0.05) is 17.7 Å². The van der Waals surface area contributed by atoms with Crippen molar-refractivity contribution < 1.29 is 18.3 Å². The van der Waals surface area contributed by atoms with Crippen molar-refractivity contribution in [1.82, 2.24) is 0 Å². The van der Waals surface area contributed by atoms with Crippen LogP contribution < -0.4 is 4.72 Å². The van der Waals surface area contributed by atoms with Crippen LogP contribution in [0.15, 0.2) is 53.4 Å². The Hall–Kier alpha value is -2.05. The molecule has 0 heterocycles. The van der Waals surface area contributed by atoms with E-state index in [1.54, 1.807) is 12.1 Å². The van der Waals surface area contributed by atoms with Gasteiger partial charge in [0.1, 0.15) is 0 Å². The van der Waals surface area contributed by atoms with E-state index in [0.717, 1.165) is 6.07 Å². The molecule has 0 amide bonds. The molecular weight excluding hydrogens is 302 g/mol. The van der Waals surface area contributed by atoms with Gasteiger partial charge in [-0.05, 0) is 42.5 Å². The van der Waals surface area contributed by atoms with Gasteiger partial charge in [-0.3, -0.25) is 4.72 Å². The molecule has 2 aromatic rings. The quantitative estimate of drug-likeness (QED) is 0.909. The molecule has 0 saturated carbocycles. The van der Waals surface area contributed by atoms with Crippen molar-refractivity contribution >= 4 is 33.3 Å². The van der Waals surface area contributed by atoms with Crippen molar-refractivity contribution in [2.45, 2.75) is 4.90 Å². The van der Waals surface area contributed by atoms with Crippen LogP contribution in [-0.4, -0.2) is 19.5 Å². The predicted octanol–water partition coefficient (Wildman–Crippen LogP) is 2.84. The first-order chi connectivity index (χ1) is 9.38. The lowest BCUT2D eigenvalue weighted by molar-refractivity contribution is 0.0696. The van der Waals surface area contributed by atoms with E-state index >= 15 is 0 Å². The van der Waals surface area contributed by atoms with Crippen molar-refractivity contribution in [2.75, 3.05) is 4.72 Å². The summed E-state index contributed by atoms with van der Waals surface area (Å²) in [6, 6.07) is 11.2. The van der Waals surface area contributed by atoms with Gasteiger partial charge in [0.2, 0.25) is 0 Å². The zero-order valence-electron chi connectivity index (χ0n) is 10.1. The number of benzene rings is 2. The fourth-order valence-corrected chi connectivity index (χ4v) is 2.76. The highest BCUT2D eigenvalue weighted by Gasteiger charge is 2.16. The number of carboxylic acids is 1. The van der Waals surface area contributed by atoms with Crippen LogP contribution in [0.3, 0.4) is 0 Å². The van der Waals surface area contributed by atoms with E-state index in [9.17, 15) is 13.2 Å². The second-order valence-corrected chi connectivity index (χ2v) is 6.06. The molecule has 2 rings (SSSR count). The Balaban J connectivity index is 2.33. The maximum Gasteiger partial charge on any atom is 0.335 e. The molecular formula is C13H10ClNO4S. The molecule has 2 N–H and O–H groups in total. The Morgan fingerprint density at radius 3 is 2.35 bits per heavy atom. The number of rotatable bonds is 4. The van der Waals surface area contributed by atoms with E-state index in [2.05, 4.69) is 4.72 Å². The number of hydrogen-bond acceptors (Lipinski definition) is 3. The van der Waals surface area contributed by atoms with E-state index in [-0.39, 0.29) is 10.5 Å². The summed E-state index contributed by atoms with van der Waals surface area (Å²) >= 11 is 5.71. The Morgan fingerprint density at radius 1 is 1.10 bits per heavy atom. The van der Waals surface area contributed by atoms with Crippen LogP contribution in [0.5, 0.6) is 0 Å². The molecule has 0 spiro atoms. The van der Waals surface area contributed by atoms with Crippen LogP contribution in [0.1, 0.15) is 10.4 Å². The summed E-state index contributed by atoms with van der Waals surface area (Å²) in [4.78, 5) is 10.7. The fourth-order valence-electron chi connectivity index (χ4n) is 1.53. The Labute approximate surface area is 120 Å². The van der Waals surface area contributed by atoms with Gasteiger partial charge in [0.05, 0.1) is 10.5 Å². The van der Waals surface area contributed by atoms with Crippen LogP contribution in [0.4, 0.5) is 5.69 Å². The number of sulfonamides is 1. The second-order valence-electron chi connectivity index (χ2n) is 3.95. The summed E-state index contributed by atoms with van der Waals surface area (Å²) in [6.07, 6.45) is 0. The number of hydrogen-bond donors (Lipinski definition) is 2. The molecule has 0 unspecified atom stereocenters. The zero-order chi connectivity index (χ0) is 14.8. The molecule has 0 radical (unpaired) electrons. The first-order valence-electron chi connectivity index (χ1n) is 5.50. The average molecular weight is 312 g/mol. The van der Waals surface area contributed by atoms with E-state index in [1.807, 2.05) is 0 Å². The largest absolute Gasteiger partial charge is 0.478 e. The third kappa shape index (κ3) is 3.28. The number of anilines is 1. The van der Waals surface area contributed by atoms with Crippen LogP contribution in [0.2, 0.25) is 5.02 Å².